The summed E-state index contributed by atoms with van der Waals surface area (Å²) in [5.41, 5.74) is 4.46. The molecule has 0 aliphatic carbocycles. The highest BCUT2D eigenvalue weighted by Gasteiger charge is 2.35. The summed E-state index contributed by atoms with van der Waals surface area (Å²) < 4.78 is 5.51. The van der Waals surface area contributed by atoms with Gasteiger partial charge in [0, 0.05) is 13.2 Å². The lowest BCUT2D eigenvalue weighted by Crippen LogP contribution is -2.50. The molecule has 17 heavy (non-hydrogen) atoms. The Balaban J connectivity index is 4.50. The Morgan fingerprint density at radius 2 is 1.88 bits per heavy atom. The molecule has 0 saturated carbocycles. The van der Waals surface area contributed by atoms with Gasteiger partial charge in [-0.25, -0.2) is 0 Å². The minimum atomic E-state index is -0.780. The summed E-state index contributed by atoms with van der Waals surface area (Å²) in [7, 11) is 0. The van der Waals surface area contributed by atoms with Crippen molar-refractivity contribution in [2.45, 2.75) is 46.6 Å². The third-order valence-electron chi connectivity index (χ3n) is 2.96. The van der Waals surface area contributed by atoms with Crippen LogP contribution < -0.4 is 11.1 Å². The number of hydrogen-bond acceptors (Lipinski definition) is 3. The van der Waals surface area contributed by atoms with E-state index in [1.54, 1.807) is 6.92 Å². The van der Waals surface area contributed by atoms with Crippen LogP contribution in [0, 0.1) is 5.41 Å². The van der Waals surface area contributed by atoms with Crippen molar-refractivity contribution < 1.29 is 9.53 Å². The van der Waals surface area contributed by atoms with E-state index < -0.39 is 5.41 Å². The van der Waals surface area contributed by atoms with Crippen LogP contribution in [0.2, 0.25) is 0 Å². The molecule has 5 heteroatoms. The van der Waals surface area contributed by atoms with Crippen LogP contribution in [0.3, 0.4) is 0 Å². The largest absolute Gasteiger partial charge is 0.392 e. The Bertz CT molecular complexity index is 292. The zero-order valence-corrected chi connectivity index (χ0v) is 12.2. The number of amides is 1. The van der Waals surface area contributed by atoms with E-state index in [0.29, 0.717) is 19.6 Å². The van der Waals surface area contributed by atoms with Gasteiger partial charge >= 0.3 is 0 Å². The van der Waals surface area contributed by atoms with Gasteiger partial charge in [0.2, 0.25) is 5.91 Å². The van der Waals surface area contributed by atoms with E-state index in [1.807, 2.05) is 27.7 Å². The zero-order valence-electron chi connectivity index (χ0n) is 11.4. The van der Waals surface area contributed by atoms with Crippen molar-refractivity contribution in [2.75, 3.05) is 13.2 Å². The van der Waals surface area contributed by atoms with Gasteiger partial charge in [-0.15, -0.1) is 0 Å². The Morgan fingerprint density at radius 3 is 2.24 bits per heavy atom. The predicted molar refractivity (Wildman–Crippen MR) is 73.9 cm³/mol. The monoisotopic (exact) mass is 260 g/mol. The van der Waals surface area contributed by atoms with Crippen molar-refractivity contribution in [2.24, 2.45) is 11.1 Å². The molecule has 0 aromatic rings. The van der Waals surface area contributed by atoms with Crippen molar-refractivity contribution in [3.63, 3.8) is 0 Å². The quantitative estimate of drug-likeness (QED) is 0.683. The van der Waals surface area contributed by atoms with Crippen LogP contribution in [0.25, 0.3) is 0 Å². The topological polar surface area (TPSA) is 64.3 Å². The molecule has 0 heterocycles. The van der Waals surface area contributed by atoms with Gasteiger partial charge in [0.25, 0.3) is 0 Å². The second-order valence-corrected chi connectivity index (χ2v) is 5.37. The third-order valence-corrected chi connectivity index (χ3v) is 3.41. The summed E-state index contributed by atoms with van der Waals surface area (Å²) in [6, 6.07) is 0. The molecule has 3 N–H and O–H groups in total. The second kappa shape index (κ2) is 6.31. The molecule has 0 aliphatic rings. The molecule has 1 unspecified atom stereocenters. The van der Waals surface area contributed by atoms with Gasteiger partial charge in [-0.2, -0.15) is 0 Å². The maximum Gasteiger partial charge on any atom is 0.232 e. The van der Waals surface area contributed by atoms with E-state index in [1.165, 1.54) is 0 Å². The van der Waals surface area contributed by atoms with Crippen molar-refractivity contribution >= 4 is 23.1 Å². The summed E-state index contributed by atoms with van der Waals surface area (Å²) in [5.74, 6) is -0.139. The lowest BCUT2D eigenvalue weighted by Gasteiger charge is -2.29. The average Bonchev–Trinajstić information content (AvgIpc) is 2.24. The highest BCUT2D eigenvalue weighted by molar-refractivity contribution is 7.80. The maximum absolute atomic E-state index is 12.1. The van der Waals surface area contributed by atoms with Gasteiger partial charge in [-0.1, -0.05) is 19.1 Å². The Hall–Kier alpha value is -0.680. The lowest BCUT2D eigenvalue weighted by molar-refractivity contribution is -0.128. The molecular weight excluding hydrogens is 236 g/mol. The molecular formula is C12H24N2O2S. The number of ether oxygens (including phenoxy) is 1. The van der Waals surface area contributed by atoms with Gasteiger partial charge in [0.05, 0.1) is 16.0 Å². The summed E-state index contributed by atoms with van der Waals surface area (Å²) in [5, 5.41) is 2.85. The number of hydrogen-bond donors (Lipinski definition) is 2. The van der Waals surface area contributed by atoms with Crippen LogP contribution in [0.15, 0.2) is 0 Å². The number of carbonyl (C=O) groups is 1. The molecule has 0 radical (unpaired) electrons. The molecule has 0 rings (SSSR count). The second-order valence-electron chi connectivity index (χ2n) is 4.93. The molecule has 4 nitrogen and oxygen atoms in total. The van der Waals surface area contributed by atoms with Crippen molar-refractivity contribution in [3.8, 4) is 0 Å². The fraction of sp³-hybridized carbons (Fsp3) is 0.833. The summed E-state index contributed by atoms with van der Waals surface area (Å²) in [4.78, 5) is 12.3. The first-order chi connectivity index (χ1) is 7.69. The van der Waals surface area contributed by atoms with Gasteiger partial charge in [-0.3, -0.25) is 4.79 Å². The van der Waals surface area contributed by atoms with E-state index >= 15 is 0 Å². The highest BCUT2D eigenvalue weighted by atomic mass is 32.1. The molecule has 0 aromatic carbocycles. The molecule has 0 bridgehead atoms. The van der Waals surface area contributed by atoms with E-state index in [4.69, 9.17) is 22.7 Å². The molecule has 0 aliphatic heterocycles. The van der Waals surface area contributed by atoms with Crippen LogP contribution >= 0.6 is 12.2 Å². The zero-order chi connectivity index (χ0) is 13.7. The number of thiocarbonyl (C=S) groups is 1. The first-order valence-electron chi connectivity index (χ1n) is 5.91. The van der Waals surface area contributed by atoms with Crippen molar-refractivity contribution in [1.82, 2.24) is 5.32 Å². The Morgan fingerprint density at radius 1 is 1.35 bits per heavy atom. The Kier molecular flexibility index (Phi) is 6.05. The van der Waals surface area contributed by atoms with Gasteiger partial charge in [-0.05, 0) is 34.1 Å². The average molecular weight is 260 g/mol. The van der Waals surface area contributed by atoms with Gasteiger partial charge in [0.1, 0.15) is 0 Å². The van der Waals surface area contributed by atoms with Crippen molar-refractivity contribution in [3.05, 3.63) is 0 Å². The van der Waals surface area contributed by atoms with Crippen molar-refractivity contribution in [1.29, 1.82) is 0 Å². The van der Waals surface area contributed by atoms with Crippen LogP contribution in [0.5, 0.6) is 0 Å². The van der Waals surface area contributed by atoms with E-state index in [0.717, 1.165) is 0 Å². The van der Waals surface area contributed by atoms with Crippen LogP contribution in [-0.4, -0.2) is 29.6 Å². The summed E-state index contributed by atoms with van der Waals surface area (Å²) in [6.07, 6.45) is 0.587. The Labute approximate surface area is 109 Å². The first-order valence-corrected chi connectivity index (χ1v) is 6.32. The minimum absolute atomic E-state index is 0.139. The fourth-order valence-electron chi connectivity index (χ4n) is 1.38. The highest BCUT2D eigenvalue weighted by Crippen LogP contribution is 2.22. The standard InChI is InChI=1S/C12H24N2O2S/c1-6-12(5,9(13)17)10(15)14-8-11(3,4)16-7-2/h6-8H2,1-5H3,(H2,13,17)(H,14,15). The minimum Gasteiger partial charge on any atom is -0.392 e. The maximum atomic E-state index is 12.1. The van der Waals surface area contributed by atoms with Gasteiger partial charge in [0.15, 0.2) is 0 Å². The molecule has 0 spiro atoms. The number of nitrogens with two attached hydrogens (primary N) is 1. The lowest BCUT2D eigenvalue weighted by atomic mass is 9.86. The van der Waals surface area contributed by atoms with E-state index in [9.17, 15) is 4.79 Å². The molecule has 0 aromatic heterocycles. The van der Waals surface area contributed by atoms with Gasteiger partial charge < -0.3 is 15.8 Å². The first kappa shape index (κ1) is 16.3. The normalized spacial score (nSPS) is 15.1. The fourth-order valence-corrected chi connectivity index (χ4v) is 1.61. The molecule has 1 atom stereocenters. The SMILES string of the molecule is CCOC(C)(C)CNC(=O)C(C)(CC)C(N)=S. The smallest absolute Gasteiger partial charge is 0.232 e. The summed E-state index contributed by atoms with van der Waals surface area (Å²) in [6.45, 7) is 10.5. The van der Waals surface area contributed by atoms with Crippen LogP contribution in [0.1, 0.15) is 41.0 Å². The molecule has 0 saturated heterocycles. The van der Waals surface area contributed by atoms with E-state index in [2.05, 4.69) is 5.32 Å². The number of rotatable bonds is 7. The predicted octanol–water partition coefficient (Wildman–Crippen LogP) is 1.62. The van der Waals surface area contributed by atoms with Crippen LogP contribution in [0.4, 0.5) is 0 Å². The van der Waals surface area contributed by atoms with E-state index in [-0.39, 0.29) is 16.5 Å². The van der Waals surface area contributed by atoms with Crippen LogP contribution in [-0.2, 0) is 9.53 Å². The number of carbonyl (C=O) groups excluding carboxylic acids is 1. The molecule has 1 amide bonds. The number of nitrogens with one attached hydrogen (secondary N) is 1. The molecule has 0 fully saturated rings. The molecule has 100 valence electrons. The summed E-state index contributed by atoms with van der Waals surface area (Å²) >= 11 is 4.95. The third kappa shape index (κ3) is 4.60.